The summed E-state index contributed by atoms with van der Waals surface area (Å²) in [5.74, 6) is -1.63. The molecule has 6 nitrogen and oxygen atoms in total. The fourth-order valence-corrected chi connectivity index (χ4v) is 2.75. The van der Waals surface area contributed by atoms with Crippen molar-refractivity contribution in [3.63, 3.8) is 0 Å². The molecule has 2 amide bonds. The van der Waals surface area contributed by atoms with Crippen molar-refractivity contribution in [2.75, 3.05) is 10.6 Å². The van der Waals surface area contributed by atoms with Crippen molar-refractivity contribution in [2.24, 2.45) is 7.05 Å². The Hall–Kier alpha value is -3.83. The van der Waals surface area contributed by atoms with E-state index >= 15 is 0 Å². The summed E-state index contributed by atoms with van der Waals surface area (Å²) >= 11 is 0. The summed E-state index contributed by atoms with van der Waals surface area (Å²) in [6, 6.07) is 7.37. The van der Waals surface area contributed by atoms with Crippen LogP contribution in [0.1, 0.15) is 32.0 Å². The van der Waals surface area contributed by atoms with E-state index in [2.05, 4.69) is 15.7 Å². The van der Waals surface area contributed by atoms with Crippen LogP contribution >= 0.6 is 0 Å². The van der Waals surface area contributed by atoms with Crippen LogP contribution < -0.4 is 10.6 Å². The van der Waals surface area contributed by atoms with Crippen LogP contribution in [0.4, 0.5) is 37.7 Å². The van der Waals surface area contributed by atoms with Crippen LogP contribution in [-0.2, 0) is 19.4 Å². The Morgan fingerprint density at radius 3 is 1.56 bits per heavy atom. The smallest absolute Gasteiger partial charge is 0.322 e. The highest BCUT2D eigenvalue weighted by molar-refractivity contribution is 6.14. The summed E-state index contributed by atoms with van der Waals surface area (Å²) in [5.41, 5.74) is -2.06. The summed E-state index contributed by atoms with van der Waals surface area (Å²) in [4.78, 5) is 25.2. The highest BCUT2D eigenvalue weighted by Gasteiger charge is 2.31. The number of rotatable bonds is 4. The highest BCUT2D eigenvalue weighted by atomic mass is 19.4. The van der Waals surface area contributed by atoms with Gasteiger partial charge >= 0.3 is 12.4 Å². The van der Waals surface area contributed by atoms with Gasteiger partial charge in [0.25, 0.3) is 11.8 Å². The van der Waals surface area contributed by atoms with Crippen molar-refractivity contribution in [2.45, 2.75) is 12.4 Å². The lowest BCUT2D eigenvalue weighted by atomic mass is 10.1. The third kappa shape index (κ3) is 5.07. The number of hydrogen-bond acceptors (Lipinski definition) is 3. The second-order valence-corrected chi connectivity index (χ2v) is 6.59. The highest BCUT2D eigenvalue weighted by Crippen LogP contribution is 2.31. The van der Waals surface area contributed by atoms with Crippen LogP contribution in [0.3, 0.4) is 0 Å². The van der Waals surface area contributed by atoms with Gasteiger partial charge in [0.15, 0.2) is 0 Å². The molecule has 0 radical (unpaired) electrons. The van der Waals surface area contributed by atoms with Crippen molar-refractivity contribution in [3.8, 4) is 0 Å². The van der Waals surface area contributed by atoms with Gasteiger partial charge < -0.3 is 10.6 Å². The van der Waals surface area contributed by atoms with Crippen LogP contribution in [0.15, 0.2) is 54.7 Å². The summed E-state index contributed by atoms with van der Waals surface area (Å²) in [6.45, 7) is 0. The lowest BCUT2D eigenvalue weighted by Gasteiger charge is -2.11. The SMILES string of the molecule is Cn1ncc(C(=O)Nc2ccc(C(F)(F)F)cc2)c1C(=O)Nc1ccc(C(F)(F)F)cc1. The molecule has 2 aromatic carbocycles. The van der Waals surface area contributed by atoms with Gasteiger partial charge in [-0.25, -0.2) is 0 Å². The van der Waals surface area contributed by atoms with Crippen molar-refractivity contribution < 1.29 is 35.9 Å². The van der Waals surface area contributed by atoms with Gasteiger partial charge in [-0.05, 0) is 48.5 Å². The van der Waals surface area contributed by atoms with E-state index in [4.69, 9.17) is 0 Å². The fraction of sp³-hybridized carbons (Fsp3) is 0.150. The first-order valence-electron chi connectivity index (χ1n) is 8.85. The van der Waals surface area contributed by atoms with Gasteiger partial charge in [-0.15, -0.1) is 0 Å². The topological polar surface area (TPSA) is 76.0 Å². The van der Waals surface area contributed by atoms with E-state index in [0.717, 1.165) is 59.4 Å². The molecule has 0 aliphatic carbocycles. The average molecular weight is 456 g/mol. The number of halogens is 6. The number of alkyl halides is 6. The molecule has 1 heterocycles. The minimum absolute atomic E-state index is 0.0540. The third-order valence-electron chi connectivity index (χ3n) is 4.34. The first kappa shape index (κ1) is 22.8. The monoisotopic (exact) mass is 456 g/mol. The van der Waals surface area contributed by atoms with E-state index in [0.29, 0.717) is 0 Å². The van der Waals surface area contributed by atoms with Gasteiger partial charge in [-0.1, -0.05) is 0 Å². The normalized spacial score (nSPS) is 11.8. The van der Waals surface area contributed by atoms with E-state index in [9.17, 15) is 35.9 Å². The number of nitrogens with one attached hydrogen (secondary N) is 2. The molecule has 3 rings (SSSR count). The van der Waals surface area contributed by atoms with Gasteiger partial charge in [0.05, 0.1) is 22.9 Å². The van der Waals surface area contributed by atoms with E-state index in [1.807, 2.05) is 0 Å². The number of benzene rings is 2. The molecule has 0 saturated heterocycles. The molecule has 168 valence electrons. The van der Waals surface area contributed by atoms with Crippen LogP contribution in [0, 0.1) is 0 Å². The maximum absolute atomic E-state index is 12.7. The molecule has 0 saturated carbocycles. The number of carbonyl (C=O) groups excluding carboxylic acids is 2. The van der Waals surface area contributed by atoms with Gasteiger partial charge in [-0.3, -0.25) is 14.3 Å². The molecule has 0 fully saturated rings. The Bertz CT molecular complexity index is 1130. The Morgan fingerprint density at radius 2 is 1.16 bits per heavy atom. The molecule has 0 atom stereocenters. The minimum atomic E-state index is -4.53. The number of aromatic nitrogens is 2. The van der Waals surface area contributed by atoms with Gasteiger partial charge in [0.2, 0.25) is 0 Å². The second-order valence-electron chi connectivity index (χ2n) is 6.59. The quantitative estimate of drug-likeness (QED) is 0.545. The lowest BCUT2D eigenvalue weighted by molar-refractivity contribution is -0.138. The molecule has 12 heteroatoms. The van der Waals surface area contributed by atoms with Crippen molar-refractivity contribution in [1.82, 2.24) is 9.78 Å². The minimum Gasteiger partial charge on any atom is -0.322 e. The van der Waals surface area contributed by atoms with Crippen LogP contribution in [0.25, 0.3) is 0 Å². The standard InChI is InChI=1S/C20H14F6N4O2/c1-30-16(18(32)29-14-8-4-12(5-9-14)20(24,25)26)15(10-27-30)17(31)28-13-6-2-11(3-7-13)19(21,22)23/h2-10H,1H3,(H,28,31)(H,29,32). The fourth-order valence-electron chi connectivity index (χ4n) is 2.75. The van der Waals surface area contributed by atoms with Crippen LogP contribution in [-0.4, -0.2) is 21.6 Å². The number of carbonyl (C=O) groups is 2. The van der Waals surface area contributed by atoms with Gasteiger partial charge in [-0.2, -0.15) is 31.4 Å². The molecule has 2 N–H and O–H groups in total. The summed E-state index contributed by atoms with van der Waals surface area (Å²) < 4.78 is 77.0. The molecule has 32 heavy (non-hydrogen) atoms. The van der Waals surface area contributed by atoms with Gasteiger partial charge in [0, 0.05) is 18.4 Å². The average Bonchev–Trinajstić information content (AvgIpc) is 3.09. The molecule has 0 aliphatic rings. The molecular formula is C20H14F6N4O2. The Morgan fingerprint density at radius 1 is 0.750 bits per heavy atom. The molecule has 3 aromatic rings. The Balaban J connectivity index is 1.76. The zero-order valence-corrected chi connectivity index (χ0v) is 16.2. The zero-order valence-electron chi connectivity index (χ0n) is 16.2. The maximum Gasteiger partial charge on any atom is 0.416 e. The summed E-state index contributed by atoms with van der Waals surface area (Å²) in [5, 5.41) is 8.58. The molecule has 0 spiro atoms. The molecule has 0 unspecified atom stereocenters. The number of nitrogens with zero attached hydrogens (tertiary/aromatic N) is 2. The maximum atomic E-state index is 12.7. The van der Waals surface area contributed by atoms with E-state index in [-0.39, 0.29) is 22.6 Å². The van der Waals surface area contributed by atoms with Crippen molar-refractivity contribution in [3.05, 3.63) is 77.1 Å². The van der Waals surface area contributed by atoms with Crippen molar-refractivity contribution >= 4 is 23.2 Å². The molecule has 0 bridgehead atoms. The van der Waals surface area contributed by atoms with E-state index < -0.39 is 35.3 Å². The molecule has 0 aliphatic heterocycles. The van der Waals surface area contributed by atoms with Gasteiger partial charge in [0.1, 0.15) is 5.69 Å². The number of anilines is 2. The van der Waals surface area contributed by atoms with Crippen LogP contribution in [0.2, 0.25) is 0 Å². The first-order chi connectivity index (χ1) is 14.9. The number of amides is 2. The molecular weight excluding hydrogens is 442 g/mol. The number of hydrogen-bond donors (Lipinski definition) is 2. The van der Waals surface area contributed by atoms with E-state index in [1.54, 1.807) is 0 Å². The second kappa shape index (κ2) is 8.36. The summed E-state index contributed by atoms with van der Waals surface area (Å²) in [6.07, 6.45) is -7.98. The van der Waals surface area contributed by atoms with Crippen LogP contribution in [0.5, 0.6) is 0 Å². The van der Waals surface area contributed by atoms with E-state index in [1.165, 1.54) is 7.05 Å². The number of aryl methyl sites for hydroxylation is 1. The summed E-state index contributed by atoms with van der Waals surface area (Å²) in [7, 11) is 1.37. The zero-order chi connectivity index (χ0) is 23.7. The lowest BCUT2D eigenvalue weighted by Crippen LogP contribution is -2.22. The third-order valence-corrected chi connectivity index (χ3v) is 4.34. The largest absolute Gasteiger partial charge is 0.416 e. The first-order valence-corrected chi connectivity index (χ1v) is 8.85. The Kier molecular flexibility index (Phi) is 5.97. The van der Waals surface area contributed by atoms with Crippen molar-refractivity contribution in [1.29, 1.82) is 0 Å². The Labute approximate surface area is 176 Å². The predicted octanol–water partition coefficient (Wildman–Crippen LogP) is 4.96. The molecule has 1 aromatic heterocycles. The predicted molar refractivity (Wildman–Crippen MR) is 102 cm³/mol.